The number of ether oxygens (including phenoxy) is 2. The highest BCUT2D eigenvalue weighted by atomic mass is 16.6. The quantitative estimate of drug-likeness (QED) is 0.613. The number of hydrogen-bond donors (Lipinski definition) is 1. The zero-order valence-corrected chi connectivity index (χ0v) is 9.55. The smallest absolute Gasteiger partial charge is 0.335 e. The van der Waals surface area contributed by atoms with Gasteiger partial charge in [0.15, 0.2) is 6.10 Å². The number of rotatable bonds is 5. The van der Waals surface area contributed by atoms with E-state index in [1.165, 1.54) is 7.11 Å². The van der Waals surface area contributed by atoms with Crippen LogP contribution >= 0.6 is 0 Å². The molecule has 0 bridgehead atoms. The Balaban J connectivity index is 2.68. The fourth-order valence-corrected chi connectivity index (χ4v) is 1.34. The number of carbonyl (C=O) groups is 1. The van der Waals surface area contributed by atoms with Gasteiger partial charge in [0.05, 0.1) is 7.11 Å². The molecule has 4 nitrogen and oxygen atoms in total. The van der Waals surface area contributed by atoms with Crippen LogP contribution in [-0.4, -0.2) is 30.9 Å². The summed E-state index contributed by atoms with van der Waals surface area (Å²) in [6.07, 6.45) is 4.71. The van der Waals surface area contributed by atoms with Crippen molar-refractivity contribution in [2.24, 2.45) is 0 Å². The van der Waals surface area contributed by atoms with Gasteiger partial charge in [-0.25, -0.2) is 4.79 Å². The van der Waals surface area contributed by atoms with E-state index in [0.29, 0.717) is 6.42 Å². The predicted molar refractivity (Wildman–Crippen MR) is 62.4 cm³/mol. The maximum absolute atomic E-state index is 11.4. The standard InChI is InChI=1S/C13H14O4/c1-3-8-17-12(13(15)16-2)9-10-4-6-11(14)7-5-10/h1,4-7,12,14H,8-9H2,2H3. The molecule has 90 valence electrons. The first kappa shape index (κ1) is 13.1. The van der Waals surface area contributed by atoms with Crippen molar-refractivity contribution < 1.29 is 19.4 Å². The summed E-state index contributed by atoms with van der Waals surface area (Å²) in [5.41, 5.74) is 0.857. The molecule has 0 fully saturated rings. The van der Waals surface area contributed by atoms with Crippen molar-refractivity contribution >= 4 is 5.97 Å². The summed E-state index contributed by atoms with van der Waals surface area (Å²) in [7, 11) is 1.30. The molecule has 1 aromatic carbocycles. The molecule has 17 heavy (non-hydrogen) atoms. The average molecular weight is 234 g/mol. The second-order valence-electron chi connectivity index (χ2n) is 3.40. The monoisotopic (exact) mass is 234 g/mol. The molecule has 1 aromatic rings. The number of phenolic OH excluding ortho intramolecular Hbond substituents is 1. The van der Waals surface area contributed by atoms with Crippen molar-refractivity contribution in [3.8, 4) is 18.1 Å². The van der Waals surface area contributed by atoms with Gasteiger partial charge >= 0.3 is 5.97 Å². The lowest BCUT2D eigenvalue weighted by molar-refractivity contribution is -0.153. The van der Waals surface area contributed by atoms with Crippen molar-refractivity contribution in [1.82, 2.24) is 0 Å². The summed E-state index contributed by atoms with van der Waals surface area (Å²) in [5.74, 6) is 2.01. The molecule has 1 unspecified atom stereocenters. The Kier molecular flexibility index (Phi) is 5.05. The number of hydrogen-bond acceptors (Lipinski definition) is 4. The largest absolute Gasteiger partial charge is 0.508 e. The van der Waals surface area contributed by atoms with E-state index in [2.05, 4.69) is 10.7 Å². The van der Waals surface area contributed by atoms with Gasteiger partial charge in [-0.1, -0.05) is 18.1 Å². The summed E-state index contributed by atoms with van der Waals surface area (Å²) >= 11 is 0. The van der Waals surface area contributed by atoms with E-state index in [4.69, 9.17) is 16.3 Å². The molecule has 1 rings (SSSR count). The number of carbonyl (C=O) groups excluding carboxylic acids is 1. The van der Waals surface area contributed by atoms with Crippen LogP contribution in [0.15, 0.2) is 24.3 Å². The highest BCUT2D eigenvalue weighted by molar-refractivity contribution is 5.75. The van der Waals surface area contributed by atoms with E-state index in [1.54, 1.807) is 24.3 Å². The first-order valence-electron chi connectivity index (χ1n) is 5.08. The van der Waals surface area contributed by atoms with Gasteiger partial charge < -0.3 is 14.6 Å². The number of terminal acetylenes is 1. The lowest BCUT2D eigenvalue weighted by Crippen LogP contribution is -2.28. The van der Waals surface area contributed by atoms with Crippen LogP contribution in [0.3, 0.4) is 0 Å². The minimum absolute atomic E-state index is 0.0534. The zero-order chi connectivity index (χ0) is 12.7. The van der Waals surface area contributed by atoms with Crippen molar-refractivity contribution in [2.45, 2.75) is 12.5 Å². The summed E-state index contributed by atoms with van der Waals surface area (Å²) in [4.78, 5) is 11.4. The molecule has 4 heteroatoms. The van der Waals surface area contributed by atoms with E-state index < -0.39 is 12.1 Å². The molecule has 0 spiro atoms. The Hall–Kier alpha value is -1.99. The molecule has 0 heterocycles. The van der Waals surface area contributed by atoms with Crippen molar-refractivity contribution in [1.29, 1.82) is 0 Å². The summed E-state index contributed by atoms with van der Waals surface area (Å²) in [5, 5.41) is 9.14. The molecule has 0 amide bonds. The third-order valence-corrected chi connectivity index (χ3v) is 2.19. The molecular formula is C13H14O4. The molecule has 0 saturated heterocycles. The molecular weight excluding hydrogens is 220 g/mol. The fourth-order valence-electron chi connectivity index (χ4n) is 1.34. The molecule has 0 aliphatic carbocycles. The van der Waals surface area contributed by atoms with Crippen molar-refractivity contribution in [2.75, 3.05) is 13.7 Å². The highest BCUT2D eigenvalue weighted by Crippen LogP contribution is 2.13. The lowest BCUT2D eigenvalue weighted by atomic mass is 10.1. The van der Waals surface area contributed by atoms with Crippen LogP contribution in [0, 0.1) is 12.3 Å². The van der Waals surface area contributed by atoms with Crippen LogP contribution in [0.5, 0.6) is 5.75 Å². The molecule has 1 N–H and O–H groups in total. The van der Waals surface area contributed by atoms with Crippen LogP contribution in [0.2, 0.25) is 0 Å². The van der Waals surface area contributed by atoms with Crippen LogP contribution in [0.4, 0.5) is 0 Å². The van der Waals surface area contributed by atoms with Gasteiger partial charge in [-0.3, -0.25) is 0 Å². The Bertz CT molecular complexity index is 402. The normalized spacial score (nSPS) is 11.5. The van der Waals surface area contributed by atoms with E-state index >= 15 is 0 Å². The number of benzene rings is 1. The van der Waals surface area contributed by atoms with Gasteiger partial charge in [-0.05, 0) is 17.7 Å². The van der Waals surface area contributed by atoms with Gasteiger partial charge in [0.1, 0.15) is 12.4 Å². The minimum atomic E-state index is -0.722. The van der Waals surface area contributed by atoms with Gasteiger partial charge in [-0.2, -0.15) is 0 Å². The van der Waals surface area contributed by atoms with Gasteiger partial charge in [0, 0.05) is 6.42 Å². The Morgan fingerprint density at radius 3 is 2.65 bits per heavy atom. The van der Waals surface area contributed by atoms with E-state index in [-0.39, 0.29) is 12.4 Å². The SMILES string of the molecule is C#CCOC(Cc1ccc(O)cc1)C(=O)OC. The van der Waals surface area contributed by atoms with Crippen molar-refractivity contribution in [3.05, 3.63) is 29.8 Å². The molecule has 1 atom stereocenters. The first-order valence-corrected chi connectivity index (χ1v) is 5.08. The molecule has 0 aliphatic heterocycles. The fraction of sp³-hybridized carbons (Fsp3) is 0.308. The Morgan fingerprint density at radius 1 is 1.47 bits per heavy atom. The molecule has 0 aromatic heterocycles. The predicted octanol–water partition coefficient (Wildman–Crippen LogP) is 1.13. The first-order chi connectivity index (χ1) is 8.17. The van der Waals surface area contributed by atoms with Gasteiger partial charge in [0.25, 0.3) is 0 Å². The summed E-state index contributed by atoms with van der Waals surface area (Å²) in [6.45, 7) is 0.0534. The maximum atomic E-state index is 11.4. The lowest BCUT2D eigenvalue weighted by Gasteiger charge is -2.14. The average Bonchev–Trinajstić information content (AvgIpc) is 2.36. The van der Waals surface area contributed by atoms with E-state index in [0.717, 1.165) is 5.56 Å². The van der Waals surface area contributed by atoms with Crippen LogP contribution in [0.1, 0.15) is 5.56 Å². The second-order valence-corrected chi connectivity index (χ2v) is 3.40. The topological polar surface area (TPSA) is 55.8 Å². The Morgan fingerprint density at radius 2 is 2.12 bits per heavy atom. The minimum Gasteiger partial charge on any atom is -0.508 e. The van der Waals surface area contributed by atoms with Crippen LogP contribution < -0.4 is 0 Å². The van der Waals surface area contributed by atoms with Gasteiger partial charge in [-0.15, -0.1) is 6.42 Å². The number of phenols is 1. The van der Waals surface area contributed by atoms with Crippen LogP contribution in [-0.2, 0) is 20.7 Å². The van der Waals surface area contributed by atoms with E-state index in [9.17, 15) is 4.79 Å². The zero-order valence-electron chi connectivity index (χ0n) is 9.55. The van der Waals surface area contributed by atoms with Crippen LogP contribution in [0.25, 0.3) is 0 Å². The van der Waals surface area contributed by atoms with Gasteiger partial charge in [0.2, 0.25) is 0 Å². The van der Waals surface area contributed by atoms with E-state index in [1.807, 2.05) is 0 Å². The third-order valence-electron chi connectivity index (χ3n) is 2.19. The molecule has 0 saturated carbocycles. The number of esters is 1. The Labute approximate surface area is 100 Å². The molecule has 0 radical (unpaired) electrons. The number of aromatic hydroxyl groups is 1. The summed E-state index contributed by atoms with van der Waals surface area (Å²) in [6, 6.07) is 6.52. The number of methoxy groups -OCH3 is 1. The third kappa shape index (κ3) is 4.17. The maximum Gasteiger partial charge on any atom is 0.335 e. The highest BCUT2D eigenvalue weighted by Gasteiger charge is 2.19. The van der Waals surface area contributed by atoms with Crippen molar-refractivity contribution in [3.63, 3.8) is 0 Å². The second kappa shape index (κ2) is 6.56. The molecule has 0 aliphatic rings. The summed E-state index contributed by atoms with van der Waals surface area (Å²) < 4.78 is 9.83.